The molecule has 1 amide bonds. The maximum absolute atomic E-state index is 12.4. The summed E-state index contributed by atoms with van der Waals surface area (Å²) in [5.41, 5.74) is 6.02. The van der Waals surface area contributed by atoms with Crippen molar-refractivity contribution in [3.8, 4) is 0 Å². The number of fused-ring (bicyclic) bond motifs is 1. The van der Waals surface area contributed by atoms with E-state index >= 15 is 0 Å². The molecule has 0 unspecified atom stereocenters. The Balaban J connectivity index is 1.40. The average Bonchev–Trinajstić information content (AvgIpc) is 3.15. The molecule has 4 rings (SSSR count). The van der Waals surface area contributed by atoms with Gasteiger partial charge in [-0.3, -0.25) is 4.79 Å². The van der Waals surface area contributed by atoms with E-state index < -0.39 is 0 Å². The summed E-state index contributed by atoms with van der Waals surface area (Å²) in [6.45, 7) is 3.49. The summed E-state index contributed by atoms with van der Waals surface area (Å²) in [5.74, 6) is 0.0779. The molecule has 1 N–H and O–H groups in total. The predicted octanol–water partition coefficient (Wildman–Crippen LogP) is 6.15. The zero-order valence-electron chi connectivity index (χ0n) is 17.8. The molecule has 0 fully saturated rings. The van der Waals surface area contributed by atoms with Crippen molar-refractivity contribution < 1.29 is 4.79 Å². The lowest BCUT2D eigenvalue weighted by atomic mass is 10.1. The monoisotopic (exact) mass is 430 g/mol. The van der Waals surface area contributed by atoms with Crippen molar-refractivity contribution in [2.24, 2.45) is 0 Å². The second kappa shape index (κ2) is 9.84. The van der Waals surface area contributed by atoms with Gasteiger partial charge in [-0.05, 0) is 53.3 Å². The topological polar surface area (TPSA) is 34.0 Å². The van der Waals surface area contributed by atoms with E-state index in [4.69, 9.17) is 11.6 Å². The first-order valence-electron chi connectivity index (χ1n) is 10.8. The van der Waals surface area contributed by atoms with Gasteiger partial charge in [-0.1, -0.05) is 73.1 Å². The van der Waals surface area contributed by atoms with Gasteiger partial charge in [0.1, 0.15) is 0 Å². The van der Waals surface area contributed by atoms with Gasteiger partial charge < -0.3 is 9.88 Å². The molecule has 0 aliphatic heterocycles. The number of aryl methyl sites for hydroxylation is 2. The highest BCUT2D eigenvalue weighted by Gasteiger charge is 2.11. The van der Waals surface area contributed by atoms with Crippen LogP contribution in [-0.2, 0) is 30.7 Å². The SMILES string of the molecule is CCc1ccc(CNC(=O)CCc2cn(Cc3ccc(Cl)cc3)c3ccccc23)cc1. The highest BCUT2D eigenvalue weighted by atomic mass is 35.5. The van der Waals surface area contributed by atoms with E-state index in [0.717, 1.165) is 30.0 Å². The van der Waals surface area contributed by atoms with Crippen LogP contribution in [0, 0.1) is 0 Å². The number of carbonyl (C=O) groups is 1. The van der Waals surface area contributed by atoms with Gasteiger partial charge in [0, 0.05) is 41.6 Å². The van der Waals surface area contributed by atoms with Crippen LogP contribution >= 0.6 is 11.6 Å². The van der Waals surface area contributed by atoms with Crippen molar-refractivity contribution in [3.63, 3.8) is 0 Å². The van der Waals surface area contributed by atoms with Crippen LogP contribution in [0.15, 0.2) is 79.0 Å². The molecule has 0 spiro atoms. The maximum Gasteiger partial charge on any atom is 0.220 e. The Kier molecular flexibility index (Phi) is 6.73. The van der Waals surface area contributed by atoms with Gasteiger partial charge in [-0.15, -0.1) is 0 Å². The van der Waals surface area contributed by atoms with Crippen molar-refractivity contribution in [1.29, 1.82) is 0 Å². The van der Waals surface area contributed by atoms with Gasteiger partial charge in [0.25, 0.3) is 0 Å². The predicted molar refractivity (Wildman–Crippen MR) is 128 cm³/mol. The van der Waals surface area contributed by atoms with Crippen LogP contribution in [0.2, 0.25) is 5.02 Å². The smallest absolute Gasteiger partial charge is 0.220 e. The number of halogens is 1. The van der Waals surface area contributed by atoms with Crippen molar-refractivity contribution in [3.05, 3.63) is 106 Å². The molecule has 1 aromatic heterocycles. The van der Waals surface area contributed by atoms with Crippen LogP contribution in [0.1, 0.15) is 35.6 Å². The Labute approximate surface area is 188 Å². The first-order chi connectivity index (χ1) is 15.1. The Hall–Kier alpha value is -3.04. The van der Waals surface area contributed by atoms with Crippen LogP contribution in [0.4, 0.5) is 0 Å². The highest BCUT2D eigenvalue weighted by molar-refractivity contribution is 6.30. The molecule has 3 nitrogen and oxygen atoms in total. The summed E-state index contributed by atoms with van der Waals surface area (Å²) in [7, 11) is 0. The van der Waals surface area contributed by atoms with E-state index in [0.29, 0.717) is 13.0 Å². The van der Waals surface area contributed by atoms with Gasteiger partial charge in [0.2, 0.25) is 5.91 Å². The molecule has 0 saturated heterocycles. The molecule has 0 atom stereocenters. The second-order valence-corrected chi connectivity index (χ2v) is 8.31. The third-order valence-electron chi connectivity index (χ3n) is 5.68. The zero-order valence-corrected chi connectivity index (χ0v) is 18.5. The van der Waals surface area contributed by atoms with E-state index in [1.54, 1.807) is 0 Å². The van der Waals surface area contributed by atoms with Crippen molar-refractivity contribution in [2.75, 3.05) is 0 Å². The van der Waals surface area contributed by atoms with Gasteiger partial charge in [-0.25, -0.2) is 0 Å². The number of para-hydroxylation sites is 1. The molecule has 4 aromatic rings. The average molecular weight is 431 g/mol. The third-order valence-corrected chi connectivity index (χ3v) is 5.93. The lowest BCUT2D eigenvalue weighted by Crippen LogP contribution is -2.22. The number of rotatable bonds is 8. The number of hydrogen-bond acceptors (Lipinski definition) is 1. The van der Waals surface area contributed by atoms with E-state index in [1.807, 2.05) is 12.1 Å². The molecular weight excluding hydrogens is 404 g/mol. The summed E-state index contributed by atoms with van der Waals surface area (Å²) in [4.78, 5) is 12.4. The maximum atomic E-state index is 12.4. The number of nitrogens with zero attached hydrogens (tertiary/aromatic N) is 1. The largest absolute Gasteiger partial charge is 0.352 e. The summed E-state index contributed by atoms with van der Waals surface area (Å²) in [6.07, 6.45) is 4.39. The number of nitrogens with one attached hydrogen (secondary N) is 1. The molecular formula is C27H27ClN2O. The lowest BCUT2D eigenvalue weighted by Gasteiger charge is -2.06. The standard InChI is InChI=1S/C27H27ClN2O/c1-2-20-7-9-21(10-8-20)17-29-27(31)16-13-23-19-30(26-6-4-3-5-25(23)26)18-22-11-14-24(28)15-12-22/h3-12,14-15,19H,2,13,16-18H2,1H3,(H,29,31). The van der Waals surface area contributed by atoms with E-state index in [9.17, 15) is 4.79 Å². The van der Waals surface area contributed by atoms with E-state index in [-0.39, 0.29) is 5.91 Å². The molecule has 0 saturated carbocycles. The molecule has 158 valence electrons. The van der Waals surface area contributed by atoms with Gasteiger partial charge in [0.05, 0.1) is 0 Å². The minimum Gasteiger partial charge on any atom is -0.352 e. The Morgan fingerprint density at radius 1 is 0.903 bits per heavy atom. The molecule has 0 aliphatic carbocycles. The molecule has 4 heteroatoms. The number of carbonyl (C=O) groups excluding carboxylic acids is 1. The van der Waals surface area contributed by atoms with Gasteiger partial charge in [0.15, 0.2) is 0 Å². The minimum atomic E-state index is 0.0779. The lowest BCUT2D eigenvalue weighted by molar-refractivity contribution is -0.121. The summed E-state index contributed by atoms with van der Waals surface area (Å²) in [5, 5.41) is 5.00. The van der Waals surface area contributed by atoms with Crippen LogP contribution in [0.5, 0.6) is 0 Å². The van der Waals surface area contributed by atoms with Crippen molar-refractivity contribution in [2.45, 2.75) is 39.3 Å². The minimum absolute atomic E-state index is 0.0779. The Bertz CT molecular complexity index is 1160. The second-order valence-electron chi connectivity index (χ2n) is 7.87. The summed E-state index contributed by atoms with van der Waals surface area (Å²) >= 11 is 6.02. The fraction of sp³-hybridized carbons (Fsp3) is 0.222. The van der Waals surface area contributed by atoms with E-state index in [1.165, 1.54) is 27.6 Å². The van der Waals surface area contributed by atoms with Gasteiger partial charge in [-0.2, -0.15) is 0 Å². The third kappa shape index (κ3) is 5.36. The van der Waals surface area contributed by atoms with Crippen LogP contribution < -0.4 is 5.32 Å². The Morgan fingerprint density at radius 2 is 1.58 bits per heavy atom. The van der Waals surface area contributed by atoms with Crippen molar-refractivity contribution >= 4 is 28.4 Å². The van der Waals surface area contributed by atoms with Crippen LogP contribution in [0.25, 0.3) is 10.9 Å². The first kappa shape index (κ1) is 21.2. The normalized spacial score (nSPS) is 11.0. The van der Waals surface area contributed by atoms with Gasteiger partial charge >= 0.3 is 0 Å². The molecule has 31 heavy (non-hydrogen) atoms. The number of benzene rings is 3. The number of aromatic nitrogens is 1. The quantitative estimate of drug-likeness (QED) is 0.357. The van der Waals surface area contributed by atoms with Crippen molar-refractivity contribution in [1.82, 2.24) is 9.88 Å². The first-order valence-corrected chi connectivity index (χ1v) is 11.2. The highest BCUT2D eigenvalue weighted by Crippen LogP contribution is 2.24. The summed E-state index contributed by atoms with van der Waals surface area (Å²) < 4.78 is 2.25. The molecule has 0 aliphatic rings. The van der Waals surface area contributed by atoms with Crippen LogP contribution in [-0.4, -0.2) is 10.5 Å². The molecule has 0 bridgehead atoms. The number of hydrogen-bond donors (Lipinski definition) is 1. The van der Waals surface area contributed by atoms with E-state index in [2.05, 4.69) is 83.7 Å². The molecule has 3 aromatic carbocycles. The number of amides is 1. The fourth-order valence-electron chi connectivity index (χ4n) is 3.87. The molecule has 1 heterocycles. The zero-order chi connectivity index (χ0) is 21.6. The summed E-state index contributed by atoms with van der Waals surface area (Å²) in [6, 6.07) is 24.7. The van der Waals surface area contributed by atoms with Crippen LogP contribution in [0.3, 0.4) is 0 Å². The fourth-order valence-corrected chi connectivity index (χ4v) is 4.00. The Morgan fingerprint density at radius 3 is 2.32 bits per heavy atom. The molecule has 0 radical (unpaired) electrons.